The van der Waals surface area contributed by atoms with Gasteiger partial charge in [0.25, 0.3) is 5.91 Å². The Morgan fingerprint density at radius 3 is 2.36 bits per heavy atom. The average molecular weight is 936 g/mol. The van der Waals surface area contributed by atoms with E-state index < -0.39 is 40.7 Å². The van der Waals surface area contributed by atoms with Crippen LogP contribution in [0.25, 0.3) is 0 Å². The number of fused-ring (bicyclic) bond motifs is 4. The SMILES string of the molecule is CN1[C@@H](C(=O)N[C@H]2CC[C@H](C(=O)N3CCC(C#Cc4cccc5c4CN(C4CCC(=O)NC4=O)C5=O)CC3)CC2)[C@H](c2cccc(Cl)c2F)[C@]2(C(=O)Nc3cc(Cl)ccc32)C12CCCCC2. The monoisotopic (exact) mass is 934 g/mol. The van der Waals surface area contributed by atoms with E-state index >= 15 is 4.39 Å². The van der Waals surface area contributed by atoms with Crippen molar-refractivity contribution >= 4 is 64.3 Å². The molecule has 7 aliphatic rings. The number of likely N-dealkylation sites (tertiary alicyclic amines) is 2. The van der Waals surface area contributed by atoms with Gasteiger partial charge in [0.1, 0.15) is 17.3 Å². The van der Waals surface area contributed by atoms with Gasteiger partial charge in [0, 0.05) is 77.2 Å². The van der Waals surface area contributed by atoms with E-state index in [1.807, 2.05) is 24.1 Å². The topological polar surface area (TPSA) is 148 Å². The molecule has 66 heavy (non-hydrogen) atoms. The normalized spacial score (nSPS) is 28.5. The van der Waals surface area contributed by atoms with E-state index in [-0.39, 0.29) is 71.0 Å². The van der Waals surface area contributed by atoms with Crippen LogP contribution in [-0.2, 0) is 35.9 Å². The van der Waals surface area contributed by atoms with Crippen molar-refractivity contribution < 1.29 is 33.2 Å². The standard InChI is InChI=1S/C51H53Cl2FN6O6/c1-58-44(42(35-9-6-10-38(53)43(35)54)51(50(58)23-3-2-4-24-50)37-18-15-32(52)27-39(37)56-49(51)66)46(63)55-33-16-13-31(14-17-33)47(64)59-25-21-29(22-26-59)11-12-30-7-5-8-34-36(30)28-60(48(34)65)40-19-20-41(61)57-45(40)62/h5-10,15,18,27,29,31,33,40,42,44H,2-4,13-14,16-17,19-26,28H2,1H3,(H,55,63)(H,56,66)(H,57,61,62)/t31-,33-,40?,42-,44+,51+/m0/s1. The van der Waals surface area contributed by atoms with Crippen molar-refractivity contribution in [2.24, 2.45) is 11.8 Å². The molecule has 2 aliphatic carbocycles. The van der Waals surface area contributed by atoms with Crippen molar-refractivity contribution in [1.29, 1.82) is 0 Å². The van der Waals surface area contributed by atoms with Crippen molar-refractivity contribution in [3.05, 3.63) is 98.3 Å². The van der Waals surface area contributed by atoms with Crippen LogP contribution in [0.1, 0.15) is 122 Å². The lowest BCUT2D eigenvalue weighted by molar-refractivity contribution is -0.138. The summed E-state index contributed by atoms with van der Waals surface area (Å²) in [6.45, 7) is 1.44. The van der Waals surface area contributed by atoms with Gasteiger partial charge in [-0.25, -0.2) is 4.39 Å². The van der Waals surface area contributed by atoms with Crippen molar-refractivity contribution in [3.63, 3.8) is 0 Å². The summed E-state index contributed by atoms with van der Waals surface area (Å²) in [5.41, 5.74) is 1.51. The number of nitrogens with one attached hydrogen (secondary N) is 3. The Morgan fingerprint density at radius 2 is 1.62 bits per heavy atom. The van der Waals surface area contributed by atoms with Crippen LogP contribution in [0, 0.1) is 29.5 Å². The molecule has 10 rings (SSSR count). The summed E-state index contributed by atoms with van der Waals surface area (Å²) in [5.74, 6) is 3.67. The molecule has 0 radical (unpaired) electrons. The number of halogens is 3. The first-order valence-electron chi connectivity index (χ1n) is 23.5. The van der Waals surface area contributed by atoms with Crippen LogP contribution in [0.3, 0.4) is 0 Å². The van der Waals surface area contributed by atoms with Gasteiger partial charge < -0.3 is 20.4 Å². The van der Waals surface area contributed by atoms with Crippen LogP contribution in [0.15, 0.2) is 54.6 Å². The smallest absolute Gasteiger partial charge is 0.255 e. The summed E-state index contributed by atoms with van der Waals surface area (Å²) < 4.78 is 16.5. The number of carbonyl (C=O) groups excluding carboxylic acids is 6. The van der Waals surface area contributed by atoms with Gasteiger partial charge in [0.05, 0.1) is 11.1 Å². The predicted molar refractivity (Wildman–Crippen MR) is 246 cm³/mol. The molecule has 3 aromatic carbocycles. The molecule has 5 fully saturated rings. The van der Waals surface area contributed by atoms with Crippen LogP contribution in [0.5, 0.6) is 0 Å². The third-order valence-corrected chi connectivity index (χ3v) is 16.6. The Bertz CT molecular complexity index is 2610. The van der Waals surface area contributed by atoms with Gasteiger partial charge in [0.2, 0.25) is 29.5 Å². The second-order valence-corrected chi connectivity index (χ2v) is 20.2. The Kier molecular flexibility index (Phi) is 11.8. The highest BCUT2D eigenvalue weighted by Crippen LogP contribution is 2.66. The summed E-state index contributed by atoms with van der Waals surface area (Å²) in [7, 11) is 1.92. The molecule has 2 saturated carbocycles. The second kappa shape index (κ2) is 17.4. The third-order valence-electron chi connectivity index (χ3n) is 16.1. The van der Waals surface area contributed by atoms with Crippen LogP contribution in [0.2, 0.25) is 10.0 Å². The Labute approximate surface area is 393 Å². The number of piperidine rings is 2. The van der Waals surface area contributed by atoms with Crippen LogP contribution in [0.4, 0.5) is 10.1 Å². The van der Waals surface area contributed by atoms with Gasteiger partial charge in [-0.05, 0) is 112 Å². The maximum Gasteiger partial charge on any atom is 0.255 e. The van der Waals surface area contributed by atoms with E-state index in [2.05, 4.69) is 32.7 Å². The van der Waals surface area contributed by atoms with Gasteiger partial charge in [0.15, 0.2) is 0 Å². The molecule has 3 N–H and O–H groups in total. The minimum atomic E-state index is -1.30. The molecule has 3 saturated heterocycles. The number of hydrogen-bond donors (Lipinski definition) is 3. The van der Waals surface area contributed by atoms with E-state index in [4.69, 9.17) is 23.2 Å². The number of amides is 6. The zero-order chi connectivity index (χ0) is 46.1. The lowest BCUT2D eigenvalue weighted by Crippen LogP contribution is -2.60. The maximum absolute atomic E-state index is 16.5. The van der Waals surface area contributed by atoms with Gasteiger partial charge in [-0.3, -0.25) is 39.0 Å². The molecule has 12 nitrogen and oxygen atoms in total. The van der Waals surface area contributed by atoms with E-state index in [0.29, 0.717) is 74.3 Å². The van der Waals surface area contributed by atoms with Crippen molar-refractivity contribution in [2.75, 3.05) is 25.5 Å². The number of nitrogens with zero attached hydrogens (tertiary/aromatic N) is 3. The number of benzene rings is 3. The molecule has 0 bridgehead atoms. The van der Waals surface area contributed by atoms with E-state index in [9.17, 15) is 28.8 Å². The Hall–Kier alpha value is -5.29. The number of carbonyl (C=O) groups is 6. The fraction of sp³-hybridized carbons (Fsp3) is 0.490. The molecular formula is C51H53Cl2FN6O6. The van der Waals surface area contributed by atoms with Crippen molar-refractivity contribution in [1.82, 2.24) is 25.3 Å². The first kappa shape index (κ1) is 44.5. The highest BCUT2D eigenvalue weighted by atomic mass is 35.5. The highest BCUT2D eigenvalue weighted by Gasteiger charge is 2.74. The van der Waals surface area contributed by atoms with Crippen LogP contribution >= 0.6 is 23.2 Å². The maximum atomic E-state index is 16.5. The molecule has 15 heteroatoms. The highest BCUT2D eigenvalue weighted by molar-refractivity contribution is 6.31. The first-order chi connectivity index (χ1) is 31.8. The molecule has 4 atom stereocenters. The van der Waals surface area contributed by atoms with Gasteiger partial charge in [-0.1, -0.05) is 78.6 Å². The molecule has 0 aromatic heterocycles. The van der Waals surface area contributed by atoms with E-state index in [1.54, 1.807) is 36.4 Å². The molecule has 5 heterocycles. The molecular weight excluding hydrogens is 883 g/mol. The van der Waals surface area contributed by atoms with Gasteiger partial charge in [-0.15, -0.1) is 0 Å². The first-order valence-corrected chi connectivity index (χ1v) is 24.2. The zero-order valence-electron chi connectivity index (χ0n) is 36.9. The lowest BCUT2D eigenvalue weighted by atomic mass is 9.55. The lowest BCUT2D eigenvalue weighted by Gasteiger charge is -2.49. The molecule has 2 spiro atoms. The summed E-state index contributed by atoms with van der Waals surface area (Å²) in [4.78, 5) is 86.8. The zero-order valence-corrected chi connectivity index (χ0v) is 38.4. The fourth-order valence-electron chi connectivity index (χ4n) is 12.9. The number of likely N-dealkylation sites (N-methyl/N-ethyl adjacent to an activating group) is 1. The summed E-state index contributed by atoms with van der Waals surface area (Å²) >= 11 is 12.9. The van der Waals surface area contributed by atoms with Gasteiger partial charge >= 0.3 is 0 Å². The van der Waals surface area contributed by atoms with Gasteiger partial charge in [-0.2, -0.15) is 0 Å². The number of hydrogen-bond acceptors (Lipinski definition) is 7. The summed E-state index contributed by atoms with van der Waals surface area (Å²) in [6, 6.07) is 13.8. The third kappa shape index (κ3) is 7.21. The van der Waals surface area contributed by atoms with Crippen molar-refractivity contribution in [2.45, 2.75) is 125 Å². The number of imide groups is 1. The largest absolute Gasteiger partial charge is 0.352 e. The average Bonchev–Trinajstić information content (AvgIpc) is 3.88. The fourth-order valence-corrected chi connectivity index (χ4v) is 13.3. The number of rotatable bonds is 5. The summed E-state index contributed by atoms with van der Waals surface area (Å²) in [6.07, 6.45) is 8.42. The quantitative estimate of drug-likeness (QED) is 0.187. The number of anilines is 1. The minimum Gasteiger partial charge on any atom is -0.352 e. The Morgan fingerprint density at radius 1 is 0.879 bits per heavy atom. The summed E-state index contributed by atoms with van der Waals surface area (Å²) in [5, 5.41) is 9.19. The molecule has 5 aliphatic heterocycles. The molecule has 344 valence electrons. The van der Waals surface area contributed by atoms with Crippen molar-refractivity contribution in [3.8, 4) is 11.8 Å². The van der Waals surface area contributed by atoms with E-state index in [1.165, 1.54) is 11.0 Å². The predicted octanol–water partition coefficient (Wildman–Crippen LogP) is 6.85. The second-order valence-electron chi connectivity index (χ2n) is 19.4. The molecule has 6 amide bonds. The molecule has 1 unspecified atom stereocenters. The Balaban J connectivity index is 0.799. The minimum absolute atomic E-state index is 0.0701. The van der Waals surface area contributed by atoms with Crippen LogP contribution < -0.4 is 16.0 Å². The molecule has 3 aromatic rings. The van der Waals surface area contributed by atoms with E-state index in [0.717, 1.165) is 48.8 Å². The van der Waals surface area contributed by atoms with Crippen LogP contribution in [-0.4, -0.2) is 93.9 Å².